The van der Waals surface area contributed by atoms with E-state index in [0.29, 0.717) is 11.3 Å². The van der Waals surface area contributed by atoms with Gasteiger partial charge in [0.05, 0.1) is 0 Å². The Kier molecular flexibility index (Phi) is 1.44. The van der Waals surface area contributed by atoms with Crippen molar-refractivity contribution in [3.8, 4) is 0 Å². The van der Waals surface area contributed by atoms with Gasteiger partial charge in [-0.25, -0.2) is 4.79 Å². The molecule has 0 radical (unpaired) electrons. The van der Waals surface area contributed by atoms with E-state index in [9.17, 15) is 9.59 Å². The van der Waals surface area contributed by atoms with E-state index in [-0.39, 0.29) is 11.3 Å². The van der Waals surface area contributed by atoms with E-state index in [1.54, 1.807) is 0 Å². The first kappa shape index (κ1) is 7.67. The number of thioether (sulfide) groups is 1. The van der Waals surface area contributed by atoms with Crippen LogP contribution in [-0.4, -0.2) is 39.1 Å². The Labute approximate surface area is 73.2 Å². The molecule has 4 nitrogen and oxygen atoms in total. The van der Waals surface area contributed by atoms with Crippen molar-refractivity contribution in [2.24, 2.45) is 0 Å². The Morgan fingerprint density at radius 2 is 2.42 bits per heavy atom. The van der Waals surface area contributed by atoms with Gasteiger partial charge in [0.15, 0.2) is 0 Å². The minimum absolute atomic E-state index is 0.0707. The Balaban J connectivity index is 2.21. The molecule has 2 fully saturated rings. The molecule has 2 atom stereocenters. The third-order valence-corrected chi connectivity index (χ3v) is 3.43. The normalized spacial score (nSPS) is 33.2. The third kappa shape index (κ3) is 0.741. The molecule has 2 saturated heterocycles. The first-order valence-electron chi connectivity index (χ1n) is 3.49. The average Bonchev–Trinajstić information content (AvgIpc) is 2.43. The Hall–Kier alpha value is -0.970. The van der Waals surface area contributed by atoms with Crippen LogP contribution in [0.3, 0.4) is 0 Å². The number of amides is 1. The molecule has 64 valence electrons. The number of aliphatic carboxylic acids is 1. The number of hydrogen-bond donors (Lipinski definition) is 1. The summed E-state index contributed by atoms with van der Waals surface area (Å²) in [4.78, 5) is 23.1. The maximum Gasteiger partial charge on any atom is 0.327 e. The average molecular weight is 185 g/mol. The molecule has 2 unspecified atom stereocenters. The molecule has 12 heavy (non-hydrogen) atoms. The smallest absolute Gasteiger partial charge is 0.327 e. The fourth-order valence-electron chi connectivity index (χ4n) is 1.42. The molecule has 0 aromatic carbocycles. The van der Waals surface area contributed by atoms with E-state index in [1.807, 2.05) is 0 Å². The Morgan fingerprint density at radius 3 is 3.00 bits per heavy atom. The minimum atomic E-state index is -0.925. The number of β-lactam (4-membered cyclic amide) rings is 1. The van der Waals surface area contributed by atoms with E-state index in [1.165, 1.54) is 16.7 Å². The fraction of sp³-hybridized carbons (Fsp3) is 0.429. The molecule has 0 aromatic rings. The van der Waals surface area contributed by atoms with Crippen LogP contribution >= 0.6 is 11.8 Å². The lowest BCUT2D eigenvalue weighted by Crippen LogP contribution is -2.55. The van der Waals surface area contributed by atoms with Crippen molar-refractivity contribution in [1.29, 1.82) is 0 Å². The zero-order valence-electron chi connectivity index (χ0n) is 6.19. The number of carbonyl (C=O) groups is 2. The zero-order chi connectivity index (χ0) is 8.88. The van der Waals surface area contributed by atoms with Gasteiger partial charge in [0.25, 0.3) is 5.91 Å². The molecule has 1 amide bonds. The number of nitrogens with zero attached hydrogens (tertiary/aromatic N) is 1. The highest BCUT2D eigenvalue weighted by molar-refractivity contribution is 8.00. The molecule has 0 aromatic heterocycles. The maximum absolute atomic E-state index is 11.1. The van der Waals surface area contributed by atoms with Crippen LogP contribution in [0, 0.1) is 0 Å². The van der Waals surface area contributed by atoms with Gasteiger partial charge < -0.3 is 10.0 Å². The third-order valence-electron chi connectivity index (χ3n) is 2.09. The van der Waals surface area contributed by atoms with E-state index in [0.717, 1.165) is 0 Å². The van der Waals surface area contributed by atoms with Crippen LogP contribution in [0.25, 0.3) is 0 Å². The first-order chi connectivity index (χ1) is 5.63. The summed E-state index contributed by atoms with van der Waals surface area (Å²) in [6, 6.07) is -0.641. The number of fused-ring (bicyclic) bond motifs is 1. The van der Waals surface area contributed by atoms with Gasteiger partial charge in [0.2, 0.25) is 0 Å². The number of rotatable bonds is 1. The number of hydrogen-bond acceptors (Lipinski definition) is 3. The van der Waals surface area contributed by atoms with Crippen molar-refractivity contribution in [2.75, 3.05) is 5.75 Å². The van der Waals surface area contributed by atoms with Crippen LogP contribution in [0.2, 0.25) is 0 Å². The molecular weight excluding hydrogens is 178 g/mol. The summed E-state index contributed by atoms with van der Waals surface area (Å²) in [5, 5.41) is 8.63. The summed E-state index contributed by atoms with van der Waals surface area (Å²) in [5.41, 5.74) is 0.531. The van der Waals surface area contributed by atoms with Crippen LogP contribution in [0.4, 0.5) is 0 Å². The SMILES string of the molecule is C=C1C(=O)N2C(C(=O)O)CSC12. The largest absolute Gasteiger partial charge is 0.480 e. The van der Waals surface area contributed by atoms with Crippen molar-refractivity contribution in [1.82, 2.24) is 4.90 Å². The highest BCUT2D eigenvalue weighted by Gasteiger charge is 2.52. The lowest BCUT2D eigenvalue weighted by atomic mass is 10.1. The van der Waals surface area contributed by atoms with Gasteiger partial charge in [-0.15, -0.1) is 11.8 Å². The van der Waals surface area contributed by atoms with Gasteiger partial charge in [-0.1, -0.05) is 6.58 Å². The number of carboxylic acids is 1. The van der Waals surface area contributed by atoms with Gasteiger partial charge >= 0.3 is 5.97 Å². The molecule has 0 aliphatic carbocycles. The van der Waals surface area contributed by atoms with Crippen molar-refractivity contribution >= 4 is 23.6 Å². The molecule has 2 rings (SSSR count). The van der Waals surface area contributed by atoms with Crippen molar-refractivity contribution < 1.29 is 14.7 Å². The van der Waals surface area contributed by atoms with Gasteiger partial charge in [-0.3, -0.25) is 4.79 Å². The van der Waals surface area contributed by atoms with Crippen LogP contribution in [-0.2, 0) is 9.59 Å². The van der Waals surface area contributed by atoms with Crippen molar-refractivity contribution in [3.05, 3.63) is 12.2 Å². The summed E-state index contributed by atoms with van der Waals surface area (Å²) in [7, 11) is 0. The van der Waals surface area contributed by atoms with E-state index in [4.69, 9.17) is 5.11 Å². The molecule has 2 aliphatic heterocycles. The van der Waals surface area contributed by atoms with Crippen molar-refractivity contribution in [2.45, 2.75) is 11.4 Å². The highest BCUT2D eigenvalue weighted by Crippen LogP contribution is 2.42. The van der Waals surface area contributed by atoms with Gasteiger partial charge in [0, 0.05) is 11.3 Å². The minimum Gasteiger partial charge on any atom is -0.480 e. The molecule has 0 bridgehead atoms. The summed E-state index contributed by atoms with van der Waals surface area (Å²) in [6.07, 6.45) is 0. The molecule has 2 aliphatic rings. The Morgan fingerprint density at radius 1 is 1.75 bits per heavy atom. The number of carbonyl (C=O) groups excluding carboxylic acids is 1. The van der Waals surface area contributed by atoms with Crippen LogP contribution in [0.1, 0.15) is 0 Å². The lowest BCUT2D eigenvalue weighted by Gasteiger charge is -2.37. The molecule has 1 N–H and O–H groups in total. The predicted molar refractivity (Wildman–Crippen MR) is 43.7 cm³/mol. The first-order valence-corrected chi connectivity index (χ1v) is 4.53. The quantitative estimate of drug-likeness (QED) is 0.458. The second-order valence-electron chi connectivity index (χ2n) is 2.78. The second-order valence-corrected chi connectivity index (χ2v) is 3.89. The monoisotopic (exact) mass is 185 g/mol. The molecule has 0 saturated carbocycles. The predicted octanol–water partition coefficient (Wildman–Crippen LogP) is -0.0891. The van der Waals surface area contributed by atoms with Gasteiger partial charge in [0.1, 0.15) is 11.4 Å². The topological polar surface area (TPSA) is 57.6 Å². The summed E-state index contributed by atoms with van der Waals surface area (Å²) in [6.45, 7) is 3.57. The number of carboxylic acid groups (broad SMARTS) is 1. The van der Waals surface area contributed by atoms with Crippen LogP contribution in [0.15, 0.2) is 12.2 Å². The summed E-state index contributed by atoms with van der Waals surface area (Å²) < 4.78 is 0. The standard InChI is InChI=1S/C7H7NO3S/c1-3-5(9)8-4(7(10)11)2-12-6(3)8/h4,6H,1-2H2,(H,10,11). The van der Waals surface area contributed by atoms with Gasteiger partial charge in [-0.05, 0) is 0 Å². The summed E-state index contributed by atoms with van der Waals surface area (Å²) in [5.74, 6) is -0.659. The second kappa shape index (κ2) is 2.26. The lowest BCUT2D eigenvalue weighted by molar-refractivity contribution is -0.150. The van der Waals surface area contributed by atoms with E-state index >= 15 is 0 Å². The molecule has 5 heteroatoms. The van der Waals surface area contributed by atoms with Crippen LogP contribution < -0.4 is 0 Å². The zero-order valence-corrected chi connectivity index (χ0v) is 7.00. The maximum atomic E-state index is 11.1. The molecule has 2 heterocycles. The molecular formula is C7H7NO3S. The highest BCUT2D eigenvalue weighted by atomic mass is 32.2. The molecule has 0 spiro atoms. The van der Waals surface area contributed by atoms with E-state index < -0.39 is 12.0 Å². The van der Waals surface area contributed by atoms with Crippen LogP contribution in [0.5, 0.6) is 0 Å². The van der Waals surface area contributed by atoms with Gasteiger partial charge in [-0.2, -0.15) is 0 Å². The summed E-state index contributed by atoms with van der Waals surface area (Å²) >= 11 is 1.47. The fourth-order valence-corrected chi connectivity index (χ4v) is 2.79. The van der Waals surface area contributed by atoms with E-state index in [2.05, 4.69) is 6.58 Å². The van der Waals surface area contributed by atoms with Crippen molar-refractivity contribution in [3.63, 3.8) is 0 Å². The Bertz CT molecular complexity index is 288.